The Morgan fingerprint density at radius 3 is 2.45 bits per heavy atom. The van der Waals surface area contributed by atoms with E-state index in [1.54, 1.807) is 10.9 Å². The van der Waals surface area contributed by atoms with Crippen molar-refractivity contribution in [2.24, 2.45) is 0 Å². The average molecular weight is 273 g/mol. The van der Waals surface area contributed by atoms with Gasteiger partial charge < -0.3 is 10.5 Å². The van der Waals surface area contributed by atoms with E-state index in [-0.39, 0.29) is 5.69 Å². The van der Waals surface area contributed by atoms with Crippen molar-refractivity contribution in [3.05, 3.63) is 46.3 Å². The number of carbonyl (C=O) groups is 1. The molecule has 2 N–H and O–H groups in total. The van der Waals surface area contributed by atoms with Crippen LogP contribution in [0.25, 0.3) is 0 Å². The first-order valence-electron chi connectivity index (χ1n) is 6.40. The number of methoxy groups -OCH3 is 1. The molecule has 0 spiro atoms. The second-order valence-corrected chi connectivity index (χ2v) is 5.00. The first-order chi connectivity index (χ1) is 9.42. The zero-order chi connectivity index (χ0) is 14.9. The van der Waals surface area contributed by atoms with E-state index in [0.717, 1.165) is 0 Å². The Balaban J connectivity index is 2.34. The second kappa shape index (κ2) is 5.36. The van der Waals surface area contributed by atoms with Crippen molar-refractivity contribution in [3.63, 3.8) is 0 Å². The highest BCUT2D eigenvalue weighted by atomic mass is 16.5. The first-order valence-corrected chi connectivity index (χ1v) is 6.40. The van der Waals surface area contributed by atoms with Crippen LogP contribution in [0.15, 0.2) is 18.3 Å². The van der Waals surface area contributed by atoms with Crippen LogP contribution in [0.1, 0.15) is 32.7 Å². The van der Waals surface area contributed by atoms with Crippen LogP contribution in [0.4, 0.5) is 5.69 Å². The third kappa shape index (κ3) is 2.66. The molecule has 0 unspecified atom stereocenters. The molecule has 5 heteroatoms. The molecule has 0 saturated carbocycles. The second-order valence-electron chi connectivity index (χ2n) is 5.00. The van der Waals surface area contributed by atoms with E-state index >= 15 is 0 Å². The number of anilines is 1. The number of esters is 1. The van der Waals surface area contributed by atoms with E-state index in [1.807, 2.05) is 0 Å². The van der Waals surface area contributed by atoms with Gasteiger partial charge in [-0.2, -0.15) is 5.10 Å². The predicted octanol–water partition coefficient (Wildman–Crippen LogP) is 2.23. The number of rotatable bonds is 3. The van der Waals surface area contributed by atoms with Crippen molar-refractivity contribution in [1.82, 2.24) is 9.78 Å². The zero-order valence-corrected chi connectivity index (χ0v) is 12.2. The summed E-state index contributed by atoms with van der Waals surface area (Å²) in [5.41, 5.74) is 11.1. The Hall–Kier alpha value is -2.30. The van der Waals surface area contributed by atoms with Crippen LogP contribution in [0.5, 0.6) is 0 Å². The van der Waals surface area contributed by atoms with E-state index in [0.29, 0.717) is 12.2 Å². The third-order valence-electron chi connectivity index (χ3n) is 3.33. The molecular weight excluding hydrogens is 254 g/mol. The Morgan fingerprint density at radius 1 is 1.30 bits per heavy atom. The van der Waals surface area contributed by atoms with Gasteiger partial charge in [0.15, 0.2) is 5.69 Å². The van der Waals surface area contributed by atoms with Gasteiger partial charge >= 0.3 is 5.97 Å². The van der Waals surface area contributed by atoms with Gasteiger partial charge in [-0.15, -0.1) is 0 Å². The summed E-state index contributed by atoms with van der Waals surface area (Å²) in [5.74, 6) is -0.515. The lowest BCUT2D eigenvalue weighted by Gasteiger charge is -2.11. The molecule has 0 amide bonds. The highest BCUT2D eigenvalue weighted by Crippen LogP contribution is 2.19. The Kier molecular flexibility index (Phi) is 3.79. The van der Waals surface area contributed by atoms with Crippen LogP contribution in [0.2, 0.25) is 0 Å². The monoisotopic (exact) mass is 273 g/mol. The van der Waals surface area contributed by atoms with E-state index < -0.39 is 5.97 Å². The van der Waals surface area contributed by atoms with Crippen molar-refractivity contribution in [2.75, 3.05) is 12.8 Å². The summed E-state index contributed by atoms with van der Waals surface area (Å²) < 4.78 is 6.32. The summed E-state index contributed by atoms with van der Waals surface area (Å²) in [6, 6.07) is 4.27. The molecule has 0 fully saturated rings. The Labute approximate surface area is 118 Å². The van der Waals surface area contributed by atoms with Crippen molar-refractivity contribution in [3.8, 4) is 0 Å². The Bertz CT molecular complexity index is 636. The molecule has 1 aromatic heterocycles. The molecule has 2 aromatic rings. The lowest BCUT2D eigenvalue weighted by atomic mass is 10.00. The molecule has 1 heterocycles. The minimum absolute atomic E-state index is 0.162. The first kappa shape index (κ1) is 14.1. The smallest absolute Gasteiger partial charge is 0.360 e. The average Bonchev–Trinajstić information content (AvgIpc) is 2.74. The third-order valence-corrected chi connectivity index (χ3v) is 3.33. The number of hydrogen-bond acceptors (Lipinski definition) is 4. The number of nitrogen functional groups attached to an aromatic ring is 1. The molecule has 0 aliphatic heterocycles. The number of aryl methyl sites for hydroxylation is 3. The summed E-state index contributed by atoms with van der Waals surface area (Å²) in [5, 5.41) is 4.20. The summed E-state index contributed by atoms with van der Waals surface area (Å²) >= 11 is 0. The summed E-state index contributed by atoms with van der Waals surface area (Å²) in [7, 11) is 1.31. The lowest BCUT2D eigenvalue weighted by Crippen LogP contribution is -2.08. The van der Waals surface area contributed by atoms with Gasteiger partial charge in [0, 0.05) is 6.20 Å². The van der Waals surface area contributed by atoms with Gasteiger partial charge in [0.2, 0.25) is 0 Å². The van der Waals surface area contributed by atoms with E-state index in [2.05, 4.69) is 42.7 Å². The summed E-state index contributed by atoms with van der Waals surface area (Å²) in [6.45, 7) is 6.80. The molecule has 0 radical (unpaired) electrons. The fraction of sp³-hybridized carbons (Fsp3) is 0.333. The van der Waals surface area contributed by atoms with E-state index in [1.165, 1.54) is 29.4 Å². The SMILES string of the molecule is COC(=O)c1nn(Cc2c(C)cc(C)cc2C)cc1N. The molecular formula is C15H19N3O2. The zero-order valence-electron chi connectivity index (χ0n) is 12.2. The van der Waals surface area contributed by atoms with Crippen LogP contribution < -0.4 is 5.73 Å². The van der Waals surface area contributed by atoms with Crippen molar-refractivity contribution < 1.29 is 9.53 Å². The van der Waals surface area contributed by atoms with Crippen LogP contribution in [-0.4, -0.2) is 22.9 Å². The largest absolute Gasteiger partial charge is 0.464 e. The topological polar surface area (TPSA) is 70.1 Å². The minimum Gasteiger partial charge on any atom is -0.464 e. The molecule has 5 nitrogen and oxygen atoms in total. The molecule has 20 heavy (non-hydrogen) atoms. The maximum absolute atomic E-state index is 11.5. The van der Waals surface area contributed by atoms with Gasteiger partial charge in [0.1, 0.15) is 0 Å². The fourth-order valence-electron chi connectivity index (χ4n) is 2.39. The van der Waals surface area contributed by atoms with Gasteiger partial charge in [-0.3, -0.25) is 4.68 Å². The molecule has 1 aromatic carbocycles. The molecule has 0 bridgehead atoms. The predicted molar refractivity (Wildman–Crippen MR) is 77.7 cm³/mol. The normalized spacial score (nSPS) is 10.6. The number of ether oxygens (including phenoxy) is 1. The van der Waals surface area contributed by atoms with Gasteiger partial charge in [-0.05, 0) is 37.5 Å². The Morgan fingerprint density at radius 2 is 1.90 bits per heavy atom. The fourth-order valence-corrected chi connectivity index (χ4v) is 2.39. The van der Waals surface area contributed by atoms with Gasteiger partial charge in [-0.25, -0.2) is 4.79 Å². The minimum atomic E-state index is -0.515. The van der Waals surface area contributed by atoms with Crippen LogP contribution >= 0.6 is 0 Å². The van der Waals surface area contributed by atoms with Gasteiger partial charge in [0.25, 0.3) is 0 Å². The molecule has 0 aliphatic carbocycles. The maximum Gasteiger partial charge on any atom is 0.360 e. The number of hydrogen-bond donors (Lipinski definition) is 1. The molecule has 0 atom stereocenters. The molecule has 2 rings (SSSR count). The van der Waals surface area contributed by atoms with E-state index in [4.69, 9.17) is 5.73 Å². The summed E-state index contributed by atoms with van der Waals surface area (Å²) in [6.07, 6.45) is 1.66. The lowest BCUT2D eigenvalue weighted by molar-refractivity contribution is 0.0594. The van der Waals surface area contributed by atoms with Gasteiger partial charge in [0.05, 0.1) is 19.3 Å². The number of benzene rings is 1. The molecule has 0 aliphatic rings. The summed E-state index contributed by atoms with van der Waals surface area (Å²) in [4.78, 5) is 11.5. The highest BCUT2D eigenvalue weighted by Gasteiger charge is 2.16. The molecule has 0 saturated heterocycles. The van der Waals surface area contributed by atoms with Crippen molar-refractivity contribution in [1.29, 1.82) is 0 Å². The van der Waals surface area contributed by atoms with Crippen LogP contribution in [0, 0.1) is 20.8 Å². The van der Waals surface area contributed by atoms with Crippen LogP contribution in [0.3, 0.4) is 0 Å². The number of carbonyl (C=O) groups excluding carboxylic acids is 1. The quantitative estimate of drug-likeness (QED) is 0.871. The van der Waals surface area contributed by atoms with Crippen molar-refractivity contribution in [2.45, 2.75) is 27.3 Å². The van der Waals surface area contributed by atoms with Gasteiger partial charge in [-0.1, -0.05) is 17.7 Å². The van der Waals surface area contributed by atoms with E-state index in [9.17, 15) is 4.79 Å². The number of nitrogens with two attached hydrogens (primary N) is 1. The standard InChI is InChI=1S/C15H19N3O2/c1-9-5-10(2)12(11(3)6-9)7-18-8-13(16)14(17-18)15(19)20-4/h5-6,8H,7,16H2,1-4H3. The van der Waals surface area contributed by atoms with Crippen molar-refractivity contribution >= 4 is 11.7 Å². The number of nitrogens with zero attached hydrogens (tertiary/aromatic N) is 2. The van der Waals surface area contributed by atoms with Crippen LogP contribution in [-0.2, 0) is 11.3 Å². The molecule has 106 valence electrons. The maximum atomic E-state index is 11.5. The highest BCUT2D eigenvalue weighted by molar-refractivity contribution is 5.92. The number of aromatic nitrogens is 2.